The second kappa shape index (κ2) is 13.3. The van der Waals surface area contributed by atoms with E-state index in [1.807, 2.05) is 13.8 Å². The molecular formula is C31H34F3NO4. The smallest absolute Gasteiger partial charge is 0.416 e. The summed E-state index contributed by atoms with van der Waals surface area (Å²) in [5.41, 5.74) is 4.80. The van der Waals surface area contributed by atoms with Crippen molar-refractivity contribution < 1.29 is 32.2 Å². The minimum atomic E-state index is -4.35. The van der Waals surface area contributed by atoms with Crippen LogP contribution in [0, 0.1) is 19.8 Å². The average Bonchev–Trinajstić information content (AvgIpc) is 2.88. The standard InChI is InChI=1S/C31H34F3NO4/c1-20(14-16-39-27-11-7-25(8-12-27)30(37)35-15-13-28(36)38-4)17-23-18-21(2)29(22(3)19-23)24-5-9-26(10-6-24)31(32,33)34/h5-12,18-20H,13-17H2,1-4H3,(H,35,37). The summed E-state index contributed by atoms with van der Waals surface area (Å²) in [5, 5.41) is 2.67. The van der Waals surface area contributed by atoms with E-state index in [2.05, 4.69) is 29.1 Å². The van der Waals surface area contributed by atoms with Crippen LogP contribution in [0.3, 0.4) is 0 Å². The molecule has 0 saturated heterocycles. The molecule has 0 saturated carbocycles. The summed E-state index contributed by atoms with van der Waals surface area (Å²) in [5.74, 6) is 0.365. The van der Waals surface area contributed by atoms with Crippen molar-refractivity contribution in [3.8, 4) is 16.9 Å². The van der Waals surface area contributed by atoms with Gasteiger partial charge in [-0.25, -0.2) is 0 Å². The fourth-order valence-corrected chi connectivity index (χ4v) is 4.52. The molecule has 208 valence electrons. The van der Waals surface area contributed by atoms with Crippen LogP contribution in [0.2, 0.25) is 0 Å². The highest BCUT2D eigenvalue weighted by atomic mass is 19.4. The Morgan fingerprint density at radius 3 is 2.13 bits per heavy atom. The fraction of sp³-hybridized carbons (Fsp3) is 0.355. The minimum Gasteiger partial charge on any atom is -0.494 e. The number of amides is 1. The van der Waals surface area contributed by atoms with Gasteiger partial charge < -0.3 is 14.8 Å². The highest BCUT2D eigenvalue weighted by molar-refractivity contribution is 5.94. The number of aryl methyl sites for hydroxylation is 2. The predicted octanol–water partition coefficient (Wildman–Crippen LogP) is 6.93. The maximum Gasteiger partial charge on any atom is 0.416 e. The maximum atomic E-state index is 12.9. The lowest BCUT2D eigenvalue weighted by atomic mass is 9.90. The molecule has 0 bridgehead atoms. The number of hydrogen-bond donors (Lipinski definition) is 1. The zero-order valence-corrected chi connectivity index (χ0v) is 22.7. The van der Waals surface area contributed by atoms with Crippen LogP contribution in [-0.4, -0.2) is 32.1 Å². The first kappa shape index (κ1) is 29.7. The minimum absolute atomic E-state index is 0.115. The molecular weight excluding hydrogens is 507 g/mol. The zero-order valence-electron chi connectivity index (χ0n) is 22.7. The van der Waals surface area contributed by atoms with Gasteiger partial charge in [0.05, 0.1) is 25.7 Å². The van der Waals surface area contributed by atoms with E-state index < -0.39 is 11.7 Å². The van der Waals surface area contributed by atoms with E-state index in [9.17, 15) is 22.8 Å². The number of nitrogens with one attached hydrogen (secondary N) is 1. The number of rotatable bonds is 11. The number of carbonyl (C=O) groups excluding carboxylic acids is 2. The number of alkyl halides is 3. The Hall–Kier alpha value is -3.81. The Kier molecular flexibility index (Phi) is 10.2. The van der Waals surface area contributed by atoms with Crippen molar-refractivity contribution in [2.75, 3.05) is 20.3 Å². The molecule has 8 heteroatoms. The molecule has 3 rings (SSSR count). The Morgan fingerprint density at radius 2 is 1.56 bits per heavy atom. The molecule has 0 heterocycles. The fourth-order valence-electron chi connectivity index (χ4n) is 4.52. The molecule has 1 unspecified atom stereocenters. The summed E-state index contributed by atoms with van der Waals surface area (Å²) in [6, 6.07) is 16.4. The van der Waals surface area contributed by atoms with E-state index in [-0.39, 0.29) is 24.8 Å². The van der Waals surface area contributed by atoms with E-state index in [4.69, 9.17) is 4.74 Å². The Morgan fingerprint density at radius 1 is 0.949 bits per heavy atom. The number of ether oxygens (including phenoxy) is 2. The van der Waals surface area contributed by atoms with Crippen LogP contribution in [0.15, 0.2) is 60.7 Å². The van der Waals surface area contributed by atoms with Crippen LogP contribution >= 0.6 is 0 Å². The second-order valence-corrected chi connectivity index (χ2v) is 9.73. The average molecular weight is 542 g/mol. The number of halogens is 3. The van der Waals surface area contributed by atoms with Crippen molar-refractivity contribution in [2.24, 2.45) is 5.92 Å². The zero-order chi connectivity index (χ0) is 28.6. The normalized spacial score (nSPS) is 12.1. The lowest BCUT2D eigenvalue weighted by molar-refractivity contribution is -0.140. The maximum absolute atomic E-state index is 12.9. The molecule has 0 aliphatic heterocycles. The molecule has 5 nitrogen and oxygen atoms in total. The first-order valence-corrected chi connectivity index (χ1v) is 12.8. The molecule has 0 spiro atoms. The lowest BCUT2D eigenvalue weighted by Gasteiger charge is -2.17. The van der Waals surface area contributed by atoms with Gasteiger partial charge in [-0.3, -0.25) is 9.59 Å². The van der Waals surface area contributed by atoms with Gasteiger partial charge in [0.15, 0.2) is 0 Å². The van der Waals surface area contributed by atoms with Crippen LogP contribution in [0.1, 0.15) is 52.4 Å². The SMILES string of the molecule is COC(=O)CCNC(=O)c1ccc(OCCC(C)Cc2cc(C)c(-c3ccc(C(F)(F)F)cc3)c(C)c2)cc1. The number of benzene rings is 3. The molecule has 0 fully saturated rings. The summed E-state index contributed by atoms with van der Waals surface area (Å²) < 4.78 is 49.2. The quantitative estimate of drug-likeness (QED) is 0.268. The van der Waals surface area contributed by atoms with E-state index in [1.165, 1.54) is 24.8 Å². The molecule has 1 N–H and O–H groups in total. The lowest BCUT2D eigenvalue weighted by Crippen LogP contribution is -2.26. The van der Waals surface area contributed by atoms with Crippen molar-refractivity contribution >= 4 is 11.9 Å². The van der Waals surface area contributed by atoms with Crippen LogP contribution in [0.5, 0.6) is 5.75 Å². The van der Waals surface area contributed by atoms with Crippen molar-refractivity contribution in [1.82, 2.24) is 5.32 Å². The van der Waals surface area contributed by atoms with Gasteiger partial charge in [0.25, 0.3) is 5.91 Å². The summed E-state index contributed by atoms with van der Waals surface area (Å²) in [7, 11) is 1.30. The van der Waals surface area contributed by atoms with Gasteiger partial charge >= 0.3 is 12.1 Å². The van der Waals surface area contributed by atoms with Crippen molar-refractivity contribution in [3.63, 3.8) is 0 Å². The summed E-state index contributed by atoms with van der Waals surface area (Å²) in [4.78, 5) is 23.3. The first-order valence-electron chi connectivity index (χ1n) is 12.8. The van der Waals surface area contributed by atoms with E-state index >= 15 is 0 Å². The molecule has 1 amide bonds. The Labute approximate surface area is 227 Å². The molecule has 39 heavy (non-hydrogen) atoms. The molecule has 0 radical (unpaired) electrons. The first-order chi connectivity index (χ1) is 18.5. The largest absolute Gasteiger partial charge is 0.494 e. The molecule has 3 aromatic carbocycles. The molecule has 0 aliphatic rings. The molecule has 0 aliphatic carbocycles. The number of methoxy groups -OCH3 is 1. The topological polar surface area (TPSA) is 64.6 Å². The molecule has 0 aromatic heterocycles. The van der Waals surface area contributed by atoms with Crippen molar-refractivity contribution in [3.05, 3.63) is 88.5 Å². The van der Waals surface area contributed by atoms with Crippen molar-refractivity contribution in [1.29, 1.82) is 0 Å². The van der Waals surface area contributed by atoms with Gasteiger partial charge in [-0.15, -0.1) is 0 Å². The van der Waals surface area contributed by atoms with E-state index in [1.54, 1.807) is 24.3 Å². The van der Waals surface area contributed by atoms with Crippen molar-refractivity contribution in [2.45, 2.75) is 46.2 Å². The highest BCUT2D eigenvalue weighted by Gasteiger charge is 2.30. The van der Waals surface area contributed by atoms with Gasteiger partial charge in [-0.1, -0.05) is 31.2 Å². The number of carbonyl (C=O) groups is 2. The van der Waals surface area contributed by atoms with Gasteiger partial charge in [-0.05, 0) is 96.8 Å². The van der Waals surface area contributed by atoms with E-state index in [0.29, 0.717) is 23.8 Å². The van der Waals surface area contributed by atoms with Gasteiger partial charge in [0.1, 0.15) is 5.75 Å². The molecule has 1 atom stereocenters. The van der Waals surface area contributed by atoms with Crippen LogP contribution < -0.4 is 10.1 Å². The predicted molar refractivity (Wildman–Crippen MR) is 145 cm³/mol. The Balaban J connectivity index is 1.50. The summed E-state index contributed by atoms with van der Waals surface area (Å²) in [6.45, 7) is 6.85. The molecule has 3 aromatic rings. The Bertz CT molecular complexity index is 1250. The van der Waals surface area contributed by atoms with Gasteiger partial charge in [0.2, 0.25) is 0 Å². The van der Waals surface area contributed by atoms with Gasteiger partial charge in [-0.2, -0.15) is 13.2 Å². The monoisotopic (exact) mass is 541 g/mol. The van der Waals surface area contributed by atoms with Gasteiger partial charge in [0, 0.05) is 12.1 Å². The highest BCUT2D eigenvalue weighted by Crippen LogP contribution is 2.33. The second-order valence-electron chi connectivity index (χ2n) is 9.73. The number of hydrogen-bond acceptors (Lipinski definition) is 4. The third-order valence-corrected chi connectivity index (χ3v) is 6.52. The summed E-state index contributed by atoms with van der Waals surface area (Å²) >= 11 is 0. The third kappa shape index (κ3) is 8.60. The summed E-state index contributed by atoms with van der Waals surface area (Å²) in [6.07, 6.45) is -2.55. The third-order valence-electron chi connectivity index (χ3n) is 6.52. The van der Waals surface area contributed by atoms with Crippen LogP contribution in [0.4, 0.5) is 13.2 Å². The van der Waals surface area contributed by atoms with Crippen LogP contribution in [-0.2, 0) is 22.1 Å². The van der Waals surface area contributed by atoms with E-state index in [0.717, 1.165) is 47.2 Å². The number of esters is 1. The van der Waals surface area contributed by atoms with Crippen LogP contribution in [0.25, 0.3) is 11.1 Å².